The lowest BCUT2D eigenvalue weighted by Gasteiger charge is -2.05. The minimum Gasteiger partial charge on any atom is -0.326 e. The molecular weight excluding hydrogens is 368 g/mol. The van der Waals surface area contributed by atoms with Gasteiger partial charge in [-0.1, -0.05) is 59.5 Å². The standard InChI is InChI=1S/C18H16N4O2S2/c1-12(23)19-15-9-5-8-14(10-15)16(24)20-17-21-22-18(26-17)25-11-13-6-3-2-4-7-13/h2-10H,11H2,1H3,(H,19,23)(H,20,21,24). The normalized spacial score (nSPS) is 10.3. The quantitative estimate of drug-likeness (QED) is 0.495. The van der Waals surface area contributed by atoms with Gasteiger partial charge in [0.25, 0.3) is 5.91 Å². The van der Waals surface area contributed by atoms with Crippen LogP contribution in [0.25, 0.3) is 0 Å². The van der Waals surface area contributed by atoms with Crippen molar-refractivity contribution in [2.75, 3.05) is 10.6 Å². The number of hydrogen-bond donors (Lipinski definition) is 2. The van der Waals surface area contributed by atoms with Crippen LogP contribution < -0.4 is 10.6 Å². The number of benzene rings is 2. The van der Waals surface area contributed by atoms with Gasteiger partial charge in [0.2, 0.25) is 11.0 Å². The number of thioether (sulfide) groups is 1. The first-order valence-corrected chi connectivity index (χ1v) is 9.59. The molecule has 0 saturated heterocycles. The van der Waals surface area contributed by atoms with E-state index in [-0.39, 0.29) is 11.8 Å². The Hall–Kier alpha value is -2.71. The molecule has 2 N–H and O–H groups in total. The molecule has 1 aromatic heterocycles. The number of aromatic nitrogens is 2. The zero-order chi connectivity index (χ0) is 18.4. The van der Waals surface area contributed by atoms with Gasteiger partial charge >= 0.3 is 0 Å². The fourth-order valence-corrected chi connectivity index (χ4v) is 3.85. The van der Waals surface area contributed by atoms with Crippen molar-refractivity contribution in [1.82, 2.24) is 10.2 Å². The van der Waals surface area contributed by atoms with Crippen molar-refractivity contribution in [3.05, 3.63) is 65.7 Å². The van der Waals surface area contributed by atoms with E-state index in [4.69, 9.17) is 0 Å². The molecule has 2 aromatic carbocycles. The Bertz CT molecular complexity index is 912. The van der Waals surface area contributed by atoms with E-state index in [0.29, 0.717) is 16.4 Å². The number of amides is 2. The zero-order valence-electron chi connectivity index (χ0n) is 13.9. The first-order valence-electron chi connectivity index (χ1n) is 7.79. The van der Waals surface area contributed by atoms with Crippen LogP contribution in [0.15, 0.2) is 58.9 Å². The Morgan fingerprint density at radius 2 is 1.85 bits per heavy atom. The summed E-state index contributed by atoms with van der Waals surface area (Å²) in [6.07, 6.45) is 0. The SMILES string of the molecule is CC(=O)Nc1cccc(C(=O)Nc2nnc(SCc3ccccc3)s2)c1. The molecule has 26 heavy (non-hydrogen) atoms. The molecule has 0 atom stereocenters. The van der Waals surface area contributed by atoms with Crippen molar-refractivity contribution in [3.8, 4) is 0 Å². The van der Waals surface area contributed by atoms with E-state index in [9.17, 15) is 9.59 Å². The third kappa shape index (κ3) is 5.14. The van der Waals surface area contributed by atoms with E-state index in [0.717, 1.165) is 10.1 Å². The molecule has 0 aliphatic carbocycles. The van der Waals surface area contributed by atoms with Gasteiger partial charge in [-0.25, -0.2) is 0 Å². The molecule has 0 fully saturated rings. The summed E-state index contributed by atoms with van der Waals surface area (Å²) in [6, 6.07) is 16.8. The van der Waals surface area contributed by atoms with Crippen molar-refractivity contribution in [3.63, 3.8) is 0 Å². The van der Waals surface area contributed by atoms with Crippen LogP contribution >= 0.6 is 23.1 Å². The third-order valence-electron chi connectivity index (χ3n) is 3.28. The molecule has 3 rings (SSSR count). The van der Waals surface area contributed by atoms with Gasteiger partial charge in [-0.15, -0.1) is 10.2 Å². The Kier molecular flexibility index (Phi) is 5.98. The molecule has 0 aliphatic heterocycles. The highest BCUT2D eigenvalue weighted by molar-refractivity contribution is 8.00. The molecule has 0 saturated carbocycles. The van der Waals surface area contributed by atoms with E-state index in [1.807, 2.05) is 18.2 Å². The molecule has 0 spiro atoms. The maximum absolute atomic E-state index is 12.3. The van der Waals surface area contributed by atoms with Crippen molar-refractivity contribution in [2.24, 2.45) is 0 Å². The van der Waals surface area contributed by atoms with E-state index in [1.165, 1.54) is 23.8 Å². The van der Waals surface area contributed by atoms with Crippen molar-refractivity contribution < 1.29 is 9.59 Å². The summed E-state index contributed by atoms with van der Waals surface area (Å²) in [4.78, 5) is 23.5. The predicted molar refractivity (Wildman–Crippen MR) is 105 cm³/mol. The van der Waals surface area contributed by atoms with Gasteiger partial charge < -0.3 is 5.32 Å². The van der Waals surface area contributed by atoms with Crippen LogP contribution in [0, 0.1) is 0 Å². The fourth-order valence-electron chi connectivity index (χ4n) is 2.15. The lowest BCUT2D eigenvalue weighted by Crippen LogP contribution is -2.13. The number of rotatable bonds is 6. The van der Waals surface area contributed by atoms with Gasteiger partial charge in [0.1, 0.15) is 0 Å². The number of hydrogen-bond acceptors (Lipinski definition) is 6. The summed E-state index contributed by atoms with van der Waals surface area (Å²) in [7, 11) is 0. The lowest BCUT2D eigenvalue weighted by atomic mass is 10.2. The maximum atomic E-state index is 12.3. The highest BCUT2D eigenvalue weighted by Crippen LogP contribution is 2.28. The highest BCUT2D eigenvalue weighted by atomic mass is 32.2. The predicted octanol–water partition coefficient (Wildman–Crippen LogP) is 4.04. The van der Waals surface area contributed by atoms with Crippen LogP contribution in [-0.4, -0.2) is 22.0 Å². The first-order chi connectivity index (χ1) is 12.6. The van der Waals surface area contributed by atoms with Crippen LogP contribution in [0.3, 0.4) is 0 Å². The zero-order valence-corrected chi connectivity index (χ0v) is 15.6. The third-order valence-corrected chi connectivity index (χ3v) is 5.32. The molecule has 6 nitrogen and oxygen atoms in total. The second kappa shape index (κ2) is 8.59. The molecule has 1 heterocycles. The molecule has 0 bridgehead atoms. The van der Waals surface area contributed by atoms with Crippen LogP contribution in [0.1, 0.15) is 22.8 Å². The lowest BCUT2D eigenvalue weighted by molar-refractivity contribution is -0.114. The van der Waals surface area contributed by atoms with E-state index in [1.54, 1.807) is 36.0 Å². The summed E-state index contributed by atoms with van der Waals surface area (Å²) >= 11 is 2.90. The molecule has 2 amide bonds. The minimum atomic E-state index is -0.298. The smallest absolute Gasteiger partial charge is 0.257 e. The molecular formula is C18H16N4O2S2. The van der Waals surface area contributed by atoms with Gasteiger partial charge in [0.05, 0.1) is 0 Å². The summed E-state index contributed by atoms with van der Waals surface area (Å²) in [5.41, 5.74) is 2.21. The highest BCUT2D eigenvalue weighted by Gasteiger charge is 2.11. The number of carbonyl (C=O) groups is 2. The average Bonchev–Trinajstić information content (AvgIpc) is 3.08. The minimum absolute atomic E-state index is 0.188. The second-order valence-electron chi connectivity index (χ2n) is 5.36. The van der Waals surface area contributed by atoms with Crippen molar-refractivity contribution >= 4 is 45.7 Å². The maximum Gasteiger partial charge on any atom is 0.257 e. The molecule has 0 radical (unpaired) electrons. The van der Waals surface area contributed by atoms with E-state index >= 15 is 0 Å². The Balaban J connectivity index is 1.60. The van der Waals surface area contributed by atoms with Crippen LogP contribution in [0.2, 0.25) is 0 Å². The van der Waals surface area contributed by atoms with Crippen LogP contribution in [-0.2, 0) is 10.5 Å². The largest absolute Gasteiger partial charge is 0.326 e. The monoisotopic (exact) mass is 384 g/mol. The summed E-state index contributed by atoms with van der Waals surface area (Å²) < 4.78 is 0.788. The van der Waals surface area contributed by atoms with Crippen molar-refractivity contribution in [2.45, 2.75) is 17.0 Å². The van der Waals surface area contributed by atoms with Crippen molar-refractivity contribution in [1.29, 1.82) is 0 Å². The summed E-state index contributed by atoms with van der Waals surface area (Å²) in [5, 5.41) is 13.9. The summed E-state index contributed by atoms with van der Waals surface area (Å²) in [6.45, 7) is 1.42. The van der Waals surface area contributed by atoms with Gasteiger partial charge in [-0.2, -0.15) is 0 Å². The Labute approximate surface area is 159 Å². The topological polar surface area (TPSA) is 84.0 Å². The first kappa shape index (κ1) is 18.1. The van der Waals surface area contributed by atoms with Gasteiger partial charge in [0, 0.05) is 23.9 Å². The van der Waals surface area contributed by atoms with E-state index < -0.39 is 0 Å². The molecule has 0 unspecified atom stereocenters. The Morgan fingerprint density at radius 1 is 1.04 bits per heavy atom. The second-order valence-corrected chi connectivity index (χ2v) is 7.56. The Morgan fingerprint density at radius 3 is 2.62 bits per heavy atom. The molecule has 8 heteroatoms. The van der Waals surface area contributed by atoms with Gasteiger partial charge in [-0.3, -0.25) is 14.9 Å². The number of nitrogens with one attached hydrogen (secondary N) is 2. The van der Waals surface area contributed by atoms with Crippen LogP contribution in [0.4, 0.5) is 10.8 Å². The molecule has 3 aromatic rings. The fraction of sp³-hybridized carbons (Fsp3) is 0.111. The number of anilines is 2. The average molecular weight is 384 g/mol. The van der Waals surface area contributed by atoms with Gasteiger partial charge in [0.15, 0.2) is 4.34 Å². The molecule has 132 valence electrons. The number of nitrogens with zero attached hydrogens (tertiary/aromatic N) is 2. The van der Waals surface area contributed by atoms with E-state index in [2.05, 4.69) is 33.0 Å². The summed E-state index contributed by atoms with van der Waals surface area (Å²) in [5.74, 6) is 0.307. The molecule has 0 aliphatic rings. The van der Waals surface area contributed by atoms with Crippen LogP contribution in [0.5, 0.6) is 0 Å². The van der Waals surface area contributed by atoms with Gasteiger partial charge in [-0.05, 0) is 23.8 Å². The number of carbonyl (C=O) groups excluding carboxylic acids is 2.